The summed E-state index contributed by atoms with van der Waals surface area (Å²) in [5.41, 5.74) is 1.05. The van der Waals surface area contributed by atoms with Gasteiger partial charge in [-0.1, -0.05) is 0 Å². The van der Waals surface area contributed by atoms with Gasteiger partial charge in [-0.25, -0.2) is 8.42 Å². The van der Waals surface area contributed by atoms with Gasteiger partial charge in [0.25, 0.3) is 0 Å². The molecule has 1 aromatic rings. The minimum atomic E-state index is -3.10. The second-order valence-electron chi connectivity index (χ2n) is 6.17. The molecule has 112 valence electrons. The quantitative estimate of drug-likeness (QED) is 0.917. The van der Waals surface area contributed by atoms with Gasteiger partial charge in [-0.2, -0.15) is 4.31 Å². The fourth-order valence-electron chi connectivity index (χ4n) is 3.89. The molecule has 1 unspecified atom stereocenters. The second-order valence-corrected chi connectivity index (χ2v) is 8.08. The molecule has 1 aromatic heterocycles. The van der Waals surface area contributed by atoms with Gasteiger partial charge in [0, 0.05) is 37.1 Å². The SMILES string of the molecule is CS(=O)(=O)N1CCCC12CCCN(Cc1ccc[nH]1)C2. The van der Waals surface area contributed by atoms with E-state index in [9.17, 15) is 8.42 Å². The van der Waals surface area contributed by atoms with Gasteiger partial charge < -0.3 is 4.98 Å². The molecular formula is C14H23N3O2S. The first-order valence-corrected chi connectivity index (χ1v) is 9.17. The highest BCUT2D eigenvalue weighted by molar-refractivity contribution is 7.88. The number of aromatic nitrogens is 1. The van der Waals surface area contributed by atoms with Crippen molar-refractivity contribution < 1.29 is 8.42 Å². The number of rotatable bonds is 3. The summed E-state index contributed by atoms with van der Waals surface area (Å²) in [6.45, 7) is 3.49. The summed E-state index contributed by atoms with van der Waals surface area (Å²) in [6, 6.07) is 4.09. The Bertz CT molecular complexity index is 555. The molecule has 0 amide bonds. The van der Waals surface area contributed by atoms with Crippen LogP contribution in [0, 0.1) is 0 Å². The van der Waals surface area contributed by atoms with Crippen molar-refractivity contribution in [3.63, 3.8) is 0 Å². The highest BCUT2D eigenvalue weighted by Gasteiger charge is 2.47. The number of sulfonamides is 1. The smallest absolute Gasteiger partial charge is 0.211 e. The van der Waals surface area contributed by atoms with Crippen LogP contribution in [0.5, 0.6) is 0 Å². The Balaban J connectivity index is 1.77. The Labute approximate surface area is 121 Å². The number of aromatic amines is 1. The zero-order chi connectivity index (χ0) is 14.2. The highest BCUT2D eigenvalue weighted by Crippen LogP contribution is 2.39. The normalized spacial score (nSPS) is 29.2. The summed E-state index contributed by atoms with van der Waals surface area (Å²) in [4.78, 5) is 5.62. The third-order valence-electron chi connectivity index (χ3n) is 4.62. The molecule has 1 spiro atoms. The Morgan fingerprint density at radius 1 is 1.30 bits per heavy atom. The van der Waals surface area contributed by atoms with Crippen LogP contribution in [-0.4, -0.2) is 54.0 Å². The monoisotopic (exact) mass is 297 g/mol. The molecule has 0 radical (unpaired) electrons. The third-order valence-corrected chi connectivity index (χ3v) is 5.99. The molecule has 5 nitrogen and oxygen atoms in total. The van der Waals surface area contributed by atoms with Crippen LogP contribution in [0.25, 0.3) is 0 Å². The molecule has 3 rings (SSSR count). The standard InChI is InChI=1S/C14H23N3O2S/c1-20(18,19)17-10-4-7-14(17)6-3-9-16(12-14)11-13-5-2-8-15-13/h2,5,8,15H,3-4,6-7,9-12H2,1H3. The maximum Gasteiger partial charge on any atom is 0.211 e. The van der Waals surface area contributed by atoms with E-state index < -0.39 is 10.0 Å². The molecule has 0 aromatic carbocycles. The highest BCUT2D eigenvalue weighted by atomic mass is 32.2. The van der Waals surface area contributed by atoms with Crippen molar-refractivity contribution in [3.05, 3.63) is 24.0 Å². The minimum Gasteiger partial charge on any atom is -0.364 e. The van der Waals surface area contributed by atoms with E-state index >= 15 is 0 Å². The van der Waals surface area contributed by atoms with Crippen LogP contribution in [0.15, 0.2) is 18.3 Å². The molecule has 2 fully saturated rings. The molecule has 0 bridgehead atoms. The molecule has 0 aliphatic carbocycles. The van der Waals surface area contributed by atoms with Crippen LogP contribution < -0.4 is 0 Å². The van der Waals surface area contributed by atoms with Crippen LogP contribution in [0.2, 0.25) is 0 Å². The van der Waals surface area contributed by atoms with E-state index in [1.165, 1.54) is 11.9 Å². The van der Waals surface area contributed by atoms with E-state index in [1.54, 1.807) is 4.31 Å². The molecular weight excluding hydrogens is 274 g/mol. The largest absolute Gasteiger partial charge is 0.364 e. The summed E-state index contributed by atoms with van der Waals surface area (Å²) in [5.74, 6) is 0. The van der Waals surface area contributed by atoms with Crippen LogP contribution >= 0.6 is 0 Å². The molecule has 2 saturated heterocycles. The van der Waals surface area contributed by atoms with Gasteiger partial charge in [0.05, 0.1) is 6.26 Å². The van der Waals surface area contributed by atoms with Crippen LogP contribution in [0.1, 0.15) is 31.4 Å². The summed E-state index contributed by atoms with van der Waals surface area (Å²) < 4.78 is 25.8. The van der Waals surface area contributed by atoms with Crippen LogP contribution in [0.3, 0.4) is 0 Å². The van der Waals surface area contributed by atoms with Crippen molar-refractivity contribution >= 4 is 10.0 Å². The summed E-state index contributed by atoms with van der Waals surface area (Å²) in [6.07, 6.45) is 7.36. The molecule has 1 atom stereocenters. The first-order valence-electron chi connectivity index (χ1n) is 7.32. The Kier molecular flexibility index (Phi) is 3.64. The number of piperidine rings is 1. The van der Waals surface area contributed by atoms with Gasteiger partial charge in [-0.05, 0) is 44.4 Å². The fourth-order valence-corrected chi connectivity index (χ4v) is 5.29. The van der Waals surface area contributed by atoms with Gasteiger partial charge in [-0.3, -0.25) is 4.90 Å². The van der Waals surface area contributed by atoms with Gasteiger partial charge >= 0.3 is 0 Å². The predicted octanol–water partition coefficient (Wildman–Crippen LogP) is 1.40. The number of hydrogen-bond donors (Lipinski definition) is 1. The van der Waals surface area contributed by atoms with Crippen molar-refractivity contribution in [2.75, 3.05) is 25.9 Å². The molecule has 20 heavy (non-hydrogen) atoms. The zero-order valence-corrected chi connectivity index (χ0v) is 12.8. The number of hydrogen-bond acceptors (Lipinski definition) is 3. The number of H-pyrrole nitrogens is 1. The third kappa shape index (κ3) is 2.64. The molecule has 0 saturated carbocycles. The van der Waals surface area contributed by atoms with Crippen molar-refractivity contribution in [2.24, 2.45) is 0 Å². The van der Waals surface area contributed by atoms with Gasteiger partial charge in [0.2, 0.25) is 10.0 Å². The second kappa shape index (κ2) is 5.16. The maximum atomic E-state index is 12.0. The lowest BCUT2D eigenvalue weighted by molar-refractivity contribution is 0.0834. The van der Waals surface area contributed by atoms with E-state index in [0.717, 1.165) is 45.3 Å². The van der Waals surface area contributed by atoms with Crippen molar-refractivity contribution in [3.8, 4) is 0 Å². The van der Waals surface area contributed by atoms with E-state index in [0.29, 0.717) is 6.54 Å². The Morgan fingerprint density at radius 2 is 2.05 bits per heavy atom. The molecule has 2 aliphatic rings. The van der Waals surface area contributed by atoms with Crippen molar-refractivity contribution in [2.45, 2.75) is 37.8 Å². The van der Waals surface area contributed by atoms with Crippen molar-refractivity contribution in [1.29, 1.82) is 0 Å². The fraction of sp³-hybridized carbons (Fsp3) is 0.714. The molecule has 2 aliphatic heterocycles. The lowest BCUT2D eigenvalue weighted by atomic mass is 9.87. The lowest BCUT2D eigenvalue weighted by Gasteiger charge is -2.44. The molecule has 1 N–H and O–H groups in total. The average molecular weight is 297 g/mol. The van der Waals surface area contributed by atoms with Gasteiger partial charge in [0.1, 0.15) is 0 Å². The number of nitrogens with zero attached hydrogens (tertiary/aromatic N) is 2. The average Bonchev–Trinajstić information content (AvgIpc) is 2.99. The van der Waals surface area contributed by atoms with Gasteiger partial charge in [-0.15, -0.1) is 0 Å². The minimum absolute atomic E-state index is 0.154. The van der Waals surface area contributed by atoms with E-state index in [2.05, 4.69) is 16.0 Å². The Hall–Kier alpha value is -0.850. The molecule has 6 heteroatoms. The number of likely N-dealkylation sites (tertiary alicyclic amines) is 1. The van der Waals surface area contributed by atoms with Crippen LogP contribution in [-0.2, 0) is 16.6 Å². The summed E-state index contributed by atoms with van der Waals surface area (Å²) in [7, 11) is -3.10. The summed E-state index contributed by atoms with van der Waals surface area (Å²) in [5, 5.41) is 0. The lowest BCUT2D eigenvalue weighted by Crippen LogP contribution is -2.56. The first-order chi connectivity index (χ1) is 9.50. The van der Waals surface area contributed by atoms with Crippen molar-refractivity contribution in [1.82, 2.24) is 14.2 Å². The summed E-state index contributed by atoms with van der Waals surface area (Å²) >= 11 is 0. The van der Waals surface area contributed by atoms with E-state index in [-0.39, 0.29) is 5.54 Å². The van der Waals surface area contributed by atoms with E-state index in [4.69, 9.17) is 0 Å². The Morgan fingerprint density at radius 3 is 2.70 bits per heavy atom. The van der Waals surface area contributed by atoms with Gasteiger partial charge in [0.15, 0.2) is 0 Å². The first kappa shape index (κ1) is 14.1. The van der Waals surface area contributed by atoms with Crippen LogP contribution in [0.4, 0.5) is 0 Å². The number of nitrogens with one attached hydrogen (secondary N) is 1. The zero-order valence-electron chi connectivity index (χ0n) is 12.0. The molecule has 3 heterocycles. The topological polar surface area (TPSA) is 56.4 Å². The predicted molar refractivity (Wildman–Crippen MR) is 78.8 cm³/mol. The maximum absolute atomic E-state index is 12.0. The van der Waals surface area contributed by atoms with E-state index in [1.807, 2.05) is 12.3 Å².